The molecular formula is C23H22FN5O2. The van der Waals surface area contributed by atoms with Gasteiger partial charge in [-0.05, 0) is 41.8 Å². The van der Waals surface area contributed by atoms with Crippen LogP contribution in [0, 0.1) is 5.82 Å². The zero-order valence-corrected chi connectivity index (χ0v) is 17.1. The van der Waals surface area contributed by atoms with Gasteiger partial charge in [0.25, 0.3) is 5.91 Å². The molecular weight excluding hydrogens is 397 g/mol. The summed E-state index contributed by atoms with van der Waals surface area (Å²) in [5.74, 6) is -0.0154. The number of amides is 2. The minimum Gasteiger partial charge on any atom is -0.359 e. The SMILES string of the molecule is CN1C(=O)CNc2ncc(C(=O)N(CCc3ccc(F)cc3)Cc3cccnc3)cc21. The summed E-state index contributed by atoms with van der Waals surface area (Å²) < 4.78 is 13.2. The summed E-state index contributed by atoms with van der Waals surface area (Å²) in [6, 6.07) is 11.7. The fourth-order valence-electron chi connectivity index (χ4n) is 3.44. The molecule has 8 heteroatoms. The summed E-state index contributed by atoms with van der Waals surface area (Å²) in [6.07, 6.45) is 5.50. The maximum Gasteiger partial charge on any atom is 0.255 e. The Morgan fingerprint density at radius 3 is 2.74 bits per heavy atom. The minimum atomic E-state index is -0.292. The lowest BCUT2D eigenvalue weighted by atomic mass is 10.1. The van der Waals surface area contributed by atoms with Crippen LogP contribution in [0.2, 0.25) is 0 Å². The number of fused-ring (bicyclic) bond motifs is 1. The van der Waals surface area contributed by atoms with Crippen LogP contribution in [0.25, 0.3) is 0 Å². The van der Waals surface area contributed by atoms with E-state index in [0.717, 1.165) is 11.1 Å². The Bertz CT molecular complexity index is 1090. The van der Waals surface area contributed by atoms with Crippen LogP contribution in [-0.2, 0) is 17.8 Å². The van der Waals surface area contributed by atoms with Gasteiger partial charge in [0.05, 0.1) is 17.8 Å². The zero-order chi connectivity index (χ0) is 21.8. The molecule has 2 aromatic heterocycles. The van der Waals surface area contributed by atoms with Crippen molar-refractivity contribution >= 4 is 23.3 Å². The number of aromatic nitrogens is 2. The number of benzene rings is 1. The molecule has 1 aliphatic heterocycles. The van der Waals surface area contributed by atoms with Crippen molar-refractivity contribution in [3.05, 3.63) is 83.6 Å². The van der Waals surface area contributed by atoms with E-state index in [1.54, 1.807) is 42.5 Å². The average Bonchev–Trinajstić information content (AvgIpc) is 2.80. The molecule has 0 spiro atoms. The van der Waals surface area contributed by atoms with Gasteiger partial charge in [-0.3, -0.25) is 14.6 Å². The Kier molecular flexibility index (Phi) is 5.88. The van der Waals surface area contributed by atoms with Crippen LogP contribution in [0.5, 0.6) is 0 Å². The van der Waals surface area contributed by atoms with Crippen LogP contribution in [0.15, 0.2) is 61.1 Å². The third kappa shape index (κ3) is 4.69. The van der Waals surface area contributed by atoms with Crippen LogP contribution >= 0.6 is 0 Å². The number of rotatable bonds is 6. The van der Waals surface area contributed by atoms with E-state index in [-0.39, 0.29) is 24.2 Å². The largest absolute Gasteiger partial charge is 0.359 e. The highest BCUT2D eigenvalue weighted by Gasteiger charge is 2.24. The Balaban J connectivity index is 1.58. The number of carbonyl (C=O) groups is 2. The molecule has 0 aliphatic carbocycles. The van der Waals surface area contributed by atoms with Crippen molar-refractivity contribution in [1.82, 2.24) is 14.9 Å². The van der Waals surface area contributed by atoms with Gasteiger partial charge in [0, 0.05) is 38.7 Å². The van der Waals surface area contributed by atoms with Gasteiger partial charge in [0.1, 0.15) is 11.6 Å². The van der Waals surface area contributed by atoms with E-state index in [9.17, 15) is 14.0 Å². The molecule has 158 valence electrons. The number of nitrogens with zero attached hydrogens (tertiary/aromatic N) is 4. The van der Waals surface area contributed by atoms with Crippen LogP contribution in [0.4, 0.5) is 15.9 Å². The van der Waals surface area contributed by atoms with Crippen molar-refractivity contribution < 1.29 is 14.0 Å². The van der Waals surface area contributed by atoms with E-state index in [0.29, 0.717) is 36.6 Å². The predicted octanol–water partition coefficient (Wildman–Crippen LogP) is 2.89. The van der Waals surface area contributed by atoms with Gasteiger partial charge in [-0.1, -0.05) is 18.2 Å². The first-order chi connectivity index (χ1) is 15.0. The number of pyridine rings is 2. The Labute approximate surface area is 179 Å². The van der Waals surface area contributed by atoms with Gasteiger partial charge in [-0.2, -0.15) is 0 Å². The lowest BCUT2D eigenvalue weighted by molar-refractivity contribution is -0.116. The van der Waals surface area contributed by atoms with Crippen LogP contribution in [0.3, 0.4) is 0 Å². The van der Waals surface area contributed by atoms with Crippen LogP contribution < -0.4 is 10.2 Å². The monoisotopic (exact) mass is 419 g/mol. The highest BCUT2D eigenvalue weighted by Crippen LogP contribution is 2.27. The smallest absolute Gasteiger partial charge is 0.255 e. The van der Waals surface area contributed by atoms with Crippen molar-refractivity contribution in [2.45, 2.75) is 13.0 Å². The number of likely N-dealkylation sites (N-methyl/N-ethyl adjacent to an activating group) is 1. The minimum absolute atomic E-state index is 0.0950. The first-order valence-electron chi connectivity index (χ1n) is 9.94. The summed E-state index contributed by atoms with van der Waals surface area (Å²) in [4.78, 5) is 37.1. The Hall–Kier alpha value is -3.81. The molecule has 3 heterocycles. The normalized spacial score (nSPS) is 12.8. The van der Waals surface area contributed by atoms with Crippen molar-refractivity contribution in [3.63, 3.8) is 0 Å². The van der Waals surface area contributed by atoms with Crippen LogP contribution in [0.1, 0.15) is 21.5 Å². The molecule has 0 unspecified atom stereocenters. The van der Waals surface area contributed by atoms with Crippen LogP contribution in [-0.4, -0.2) is 46.8 Å². The Morgan fingerprint density at radius 2 is 2.00 bits per heavy atom. The second kappa shape index (κ2) is 8.91. The third-order valence-electron chi connectivity index (χ3n) is 5.22. The van der Waals surface area contributed by atoms with E-state index in [2.05, 4.69) is 15.3 Å². The van der Waals surface area contributed by atoms with E-state index in [1.165, 1.54) is 23.2 Å². The molecule has 0 radical (unpaired) electrons. The third-order valence-corrected chi connectivity index (χ3v) is 5.22. The molecule has 1 aromatic carbocycles. The summed E-state index contributed by atoms with van der Waals surface area (Å²) in [7, 11) is 1.67. The molecule has 4 rings (SSSR count). The van der Waals surface area contributed by atoms with Gasteiger partial charge in [0.2, 0.25) is 5.91 Å². The van der Waals surface area contributed by atoms with E-state index in [4.69, 9.17) is 0 Å². The number of halogens is 1. The molecule has 0 atom stereocenters. The fourth-order valence-corrected chi connectivity index (χ4v) is 3.44. The number of hydrogen-bond acceptors (Lipinski definition) is 5. The molecule has 31 heavy (non-hydrogen) atoms. The van der Waals surface area contributed by atoms with Gasteiger partial charge in [-0.25, -0.2) is 9.37 Å². The quantitative estimate of drug-likeness (QED) is 0.665. The number of nitrogens with one attached hydrogen (secondary N) is 1. The molecule has 0 fully saturated rings. The maximum atomic E-state index is 13.4. The fraction of sp³-hybridized carbons (Fsp3) is 0.217. The summed E-state index contributed by atoms with van der Waals surface area (Å²) in [5, 5.41) is 2.96. The van der Waals surface area contributed by atoms with Gasteiger partial charge < -0.3 is 15.1 Å². The number of anilines is 2. The first kappa shape index (κ1) is 20.5. The van der Waals surface area contributed by atoms with Crippen molar-refractivity contribution in [2.24, 2.45) is 0 Å². The summed E-state index contributed by atoms with van der Waals surface area (Å²) in [6.45, 7) is 0.982. The van der Waals surface area contributed by atoms with Crippen molar-refractivity contribution in [1.29, 1.82) is 0 Å². The van der Waals surface area contributed by atoms with Crippen molar-refractivity contribution in [2.75, 3.05) is 30.4 Å². The summed E-state index contributed by atoms with van der Waals surface area (Å²) in [5.41, 5.74) is 2.80. The molecule has 1 N–H and O–H groups in total. The second-order valence-electron chi connectivity index (χ2n) is 7.36. The molecule has 0 saturated heterocycles. The molecule has 2 amide bonds. The van der Waals surface area contributed by atoms with Gasteiger partial charge >= 0.3 is 0 Å². The van der Waals surface area contributed by atoms with E-state index in [1.807, 2.05) is 12.1 Å². The molecule has 1 aliphatic rings. The lowest BCUT2D eigenvalue weighted by Crippen LogP contribution is -2.38. The molecule has 3 aromatic rings. The number of hydrogen-bond donors (Lipinski definition) is 1. The number of carbonyl (C=O) groups excluding carboxylic acids is 2. The topological polar surface area (TPSA) is 78.4 Å². The lowest BCUT2D eigenvalue weighted by Gasteiger charge is -2.27. The van der Waals surface area contributed by atoms with Crippen molar-refractivity contribution in [3.8, 4) is 0 Å². The molecule has 0 bridgehead atoms. The highest BCUT2D eigenvalue weighted by atomic mass is 19.1. The second-order valence-corrected chi connectivity index (χ2v) is 7.36. The van der Waals surface area contributed by atoms with Gasteiger partial charge in [-0.15, -0.1) is 0 Å². The maximum absolute atomic E-state index is 13.4. The molecule has 7 nitrogen and oxygen atoms in total. The average molecular weight is 419 g/mol. The van der Waals surface area contributed by atoms with E-state index < -0.39 is 0 Å². The van der Waals surface area contributed by atoms with Gasteiger partial charge in [0.15, 0.2) is 0 Å². The van der Waals surface area contributed by atoms with E-state index >= 15 is 0 Å². The first-order valence-corrected chi connectivity index (χ1v) is 9.94. The Morgan fingerprint density at radius 1 is 1.19 bits per heavy atom. The standard InChI is InChI=1S/C23H22FN5O2/c1-28-20-11-18(13-26-22(20)27-14-21(28)30)23(31)29(15-17-3-2-9-25-12-17)10-8-16-4-6-19(24)7-5-16/h2-7,9,11-13H,8,10,14-15H2,1H3,(H,26,27). The predicted molar refractivity (Wildman–Crippen MR) is 115 cm³/mol. The highest BCUT2D eigenvalue weighted by molar-refractivity contribution is 6.03. The summed E-state index contributed by atoms with van der Waals surface area (Å²) >= 11 is 0. The zero-order valence-electron chi connectivity index (χ0n) is 17.1. The molecule has 0 saturated carbocycles.